The highest BCUT2D eigenvalue weighted by Gasteiger charge is 2.34. The third-order valence-electron chi connectivity index (χ3n) is 4.67. The van der Waals surface area contributed by atoms with E-state index in [4.69, 9.17) is 10.5 Å². The van der Waals surface area contributed by atoms with Gasteiger partial charge >= 0.3 is 5.97 Å². The average molecular weight is 308 g/mol. The second kappa shape index (κ2) is 5.87. The minimum atomic E-state index is -0.306. The first kappa shape index (κ1) is 14.7. The monoisotopic (exact) mass is 308 g/mol. The van der Waals surface area contributed by atoms with Crippen LogP contribution in [0.3, 0.4) is 0 Å². The van der Waals surface area contributed by atoms with Gasteiger partial charge in [-0.15, -0.1) is 11.3 Å². The number of methoxy groups -OCH3 is 1. The Morgan fingerprint density at radius 1 is 1.33 bits per heavy atom. The molecule has 1 heterocycles. The first-order chi connectivity index (χ1) is 10.1. The van der Waals surface area contributed by atoms with Crippen LogP contribution in [0.15, 0.2) is 0 Å². The van der Waals surface area contributed by atoms with Gasteiger partial charge in [0.1, 0.15) is 4.88 Å². The van der Waals surface area contributed by atoms with Crippen LogP contribution in [0.2, 0.25) is 0 Å². The molecule has 0 unspecified atom stereocenters. The van der Waals surface area contributed by atoms with Gasteiger partial charge in [0.05, 0.1) is 17.8 Å². The van der Waals surface area contributed by atoms with Gasteiger partial charge in [-0.25, -0.2) is 4.79 Å². The number of anilines is 2. The fraction of sp³-hybridized carbons (Fsp3) is 0.688. The summed E-state index contributed by atoms with van der Waals surface area (Å²) in [4.78, 5) is 14.8. The quantitative estimate of drug-likeness (QED) is 0.844. The molecule has 0 bridgehead atoms. The highest BCUT2D eigenvalue weighted by molar-refractivity contribution is 7.18. The molecule has 5 heteroatoms. The smallest absolute Gasteiger partial charge is 0.350 e. The molecule has 3 rings (SSSR count). The third kappa shape index (κ3) is 2.89. The second-order valence-corrected chi connectivity index (χ2v) is 7.36. The van der Waals surface area contributed by atoms with Crippen molar-refractivity contribution in [3.63, 3.8) is 0 Å². The van der Waals surface area contributed by atoms with Crippen LogP contribution in [0, 0.1) is 5.92 Å². The first-order valence-electron chi connectivity index (χ1n) is 7.83. The van der Waals surface area contributed by atoms with Crippen LogP contribution in [-0.4, -0.2) is 26.7 Å². The molecule has 2 N–H and O–H groups in total. The van der Waals surface area contributed by atoms with E-state index in [1.807, 2.05) is 0 Å². The van der Waals surface area contributed by atoms with Crippen LogP contribution >= 0.6 is 11.3 Å². The number of hydrogen-bond acceptors (Lipinski definition) is 5. The molecule has 2 fully saturated rings. The van der Waals surface area contributed by atoms with Gasteiger partial charge < -0.3 is 15.4 Å². The molecule has 1 aromatic heterocycles. The molecule has 0 saturated heterocycles. The number of thiophene rings is 1. The van der Waals surface area contributed by atoms with Crippen molar-refractivity contribution in [1.29, 1.82) is 0 Å². The van der Waals surface area contributed by atoms with Crippen LogP contribution in [0.1, 0.15) is 59.7 Å². The summed E-state index contributed by atoms with van der Waals surface area (Å²) in [5.74, 6) is 1.02. The maximum atomic E-state index is 11.9. The first-order valence-corrected chi connectivity index (χ1v) is 8.65. The van der Waals surface area contributed by atoms with E-state index in [1.165, 1.54) is 67.5 Å². The molecule has 0 aromatic carbocycles. The van der Waals surface area contributed by atoms with Gasteiger partial charge in [-0.3, -0.25) is 0 Å². The highest BCUT2D eigenvalue weighted by atomic mass is 32.1. The molecule has 1 aromatic rings. The molecule has 116 valence electrons. The average Bonchev–Trinajstić information content (AvgIpc) is 3.06. The summed E-state index contributed by atoms with van der Waals surface area (Å²) in [6, 6.07) is 0. The number of ether oxygens (including phenoxy) is 1. The Labute approximate surface area is 130 Å². The summed E-state index contributed by atoms with van der Waals surface area (Å²) in [6.45, 7) is 1.07. The second-order valence-electron chi connectivity index (χ2n) is 6.36. The number of nitrogens with two attached hydrogens (primary N) is 1. The molecule has 0 aliphatic heterocycles. The number of carbonyl (C=O) groups is 1. The molecule has 2 aliphatic carbocycles. The number of nitrogens with zero attached hydrogens (tertiary/aromatic N) is 1. The maximum absolute atomic E-state index is 11.9. The molecular formula is C16H24N2O2S. The normalized spacial score (nSPS) is 19.0. The predicted molar refractivity (Wildman–Crippen MR) is 87.3 cm³/mol. The third-order valence-corrected chi connectivity index (χ3v) is 5.99. The Morgan fingerprint density at radius 2 is 2.00 bits per heavy atom. The zero-order chi connectivity index (χ0) is 15.0. The van der Waals surface area contributed by atoms with Crippen molar-refractivity contribution in [2.75, 3.05) is 31.3 Å². The molecule has 2 aliphatic rings. The summed E-state index contributed by atoms with van der Waals surface area (Å²) < 4.78 is 4.87. The molecule has 0 atom stereocenters. The van der Waals surface area contributed by atoms with Gasteiger partial charge in [0.2, 0.25) is 0 Å². The number of nitrogen functional groups attached to an aromatic ring is 1. The molecule has 4 nitrogen and oxygen atoms in total. The Hall–Kier alpha value is -1.23. The van der Waals surface area contributed by atoms with Gasteiger partial charge in [-0.1, -0.05) is 12.8 Å². The Bertz CT molecular complexity index is 531. The lowest BCUT2D eigenvalue weighted by Gasteiger charge is -2.23. The SMILES string of the molecule is COC(=O)c1sc(N(C)CC2CCCC2)c(C2CC2)c1N. The van der Waals surface area contributed by atoms with E-state index in [0.717, 1.165) is 12.5 Å². The Morgan fingerprint density at radius 3 is 2.57 bits per heavy atom. The minimum absolute atomic E-state index is 0.306. The summed E-state index contributed by atoms with van der Waals surface area (Å²) in [7, 11) is 3.55. The van der Waals surface area contributed by atoms with Gasteiger partial charge in [0.15, 0.2) is 0 Å². The molecule has 0 amide bonds. The molecule has 0 radical (unpaired) electrons. The molecule has 21 heavy (non-hydrogen) atoms. The number of hydrogen-bond donors (Lipinski definition) is 1. The van der Waals surface area contributed by atoms with E-state index in [-0.39, 0.29) is 5.97 Å². The van der Waals surface area contributed by atoms with Crippen LogP contribution in [0.25, 0.3) is 0 Å². The summed E-state index contributed by atoms with van der Waals surface area (Å²) in [6.07, 6.45) is 7.74. The van der Waals surface area contributed by atoms with Crippen molar-refractivity contribution >= 4 is 28.0 Å². The standard InChI is InChI=1S/C16H24N2O2S/c1-18(9-10-5-3-4-6-10)15-12(11-7-8-11)13(17)14(21-15)16(19)20-2/h10-11H,3-9,17H2,1-2H3. The van der Waals surface area contributed by atoms with Gasteiger partial charge in [0.25, 0.3) is 0 Å². The maximum Gasteiger partial charge on any atom is 0.350 e. The topological polar surface area (TPSA) is 55.6 Å². The van der Waals surface area contributed by atoms with Crippen LogP contribution in [0.4, 0.5) is 10.7 Å². The van der Waals surface area contributed by atoms with E-state index in [0.29, 0.717) is 16.5 Å². The fourth-order valence-corrected chi connectivity index (χ4v) is 4.60. The Balaban J connectivity index is 1.86. The Kier molecular flexibility index (Phi) is 4.11. The number of carbonyl (C=O) groups excluding carboxylic acids is 1. The van der Waals surface area contributed by atoms with Crippen LogP contribution in [-0.2, 0) is 4.74 Å². The van der Waals surface area contributed by atoms with Crippen molar-refractivity contribution in [2.24, 2.45) is 5.92 Å². The van der Waals surface area contributed by atoms with E-state index in [9.17, 15) is 4.79 Å². The van der Waals surface area contributed by atoms with Crippen molar-refractivity contribution in [3.8, 4) is 0 Å². The predicted octanol–water partition coefficient (Wildman–Crippen LogP) is 3.62. The van der Waals surface area contributed by atoms with E-state index < -0.39 is 0 Å². The molecule has 0 spiro atoms. The lowest BCUT2D eigenvalue weighted by atomic mass is 10.1. The van der Waals surface area contributed by atoms with Gasteiger partial charge in [-0.2, -0.15) is 0 Å². The molecule has 2 saturated carbocycles. The van der Waals surface area contributed by atoms with Crippen LogP contribution in [0.5, 0.6) is 0 Å². The summed E-state index contributed by atoms with van der Waals surface area (Å²) >= 11 is 1.50. The lowest BCUT2D eigenvalue weighted by Crippen LogP contribution is -2.24. The van der Waals surface area contributed by atoms with Crippen molar-refractivity contribution in [3.05, 3.63) is 10.4 Å². The van der Waals surface area contributed by atoms with Crippen molar-refractivity contribution in [1.82, 2.24) is 0 Å². The van der Waals surface area contributed by atoms with Gasteiger partial charge in [-0.05, 0) is 37.5 Å². The minimum Gasteiger partial charge on any atom is -0.465 e. The lowest BCUT2D eigenvalue weighted by molar-refractivity contribution is 0.0607. The number of esters is 1. The van der Waals surface area contributed by atoms with E-state index in [1.54, 1.807) is 0 Å². The van der Waals surface area contributed by atoms with Crippen molar-refractivity contribution in [2.45, 2.75) is 44.4 Å². The van der Waals surface area contributed by atoms with Gasteiger partial charge in [0, 0.05) is 19.2 Å². The summed E-state index contributed by atoms with van der Waals surface area (Å²) in [5, 5.41) is 1.18. The highest BCUT2D eigenvalue weighted by Crippen LogP contribution is 2.52. The van der Waals surface area contributed by atoms with Crippen LogP contribution < -0.4 is 10.6 Å². The summed E-state index contributed by atoms with van der Waals surface area (Å²) in [5.41, 5.74) is 8.10. The van der Waals surface area contributed by atoms with Crippen molar-refractivity contribution < 1.29 is 9.53 Å². The molecular weight excluding hydrogens is 284 g/mol. The van der Waals surface area contributed by atoms with E-state index >= 15 is 0 Å². The van der Waals surface area contributed by atoms with E-state index in [2.05, 4.69) is 11.9 Å². The zero-order valence-corrected chi connectivity index (χ0v) is 13.7. The zero-order valence-electron chi connectivity index (χ0n) is 12.9. The largest absolute Gasteiger partial charge is 0.465 e. The number of rotatable bonds is 5. The fourth-order valence-electron chi connectivity index (χ4n) is 3.40.